The Morgan fingerprint density at radius 3 is 0.986 bits per heavy atom. The van der Waals surface area contributed by atoms with E-state index in [1.54, 1.807) is 31.9 Å². The van der Waals surface area contributed by atoms with E-state index in [1.165, 1.54) is 0 Å². The lowest BCUT2D eigenvalue weighted by Crippen LogP contribution is -2.41. The fraction of sp³-hybridized carbons (Fsp3) is 0.539. The minimum absolute atomic E-state index is 0.0186. The summed E-state index contributed by atoms with van der Waals surface area (Å²) < 4.78 is 44.8. The molecule has 15 N–H and O–H groups in total. The number of carbonyl (C=O) groups excluding carboxylic acids is 7. The number of rotatable bonds is 34. The zero-order valence-corrected chi connectivity index (χ0v) is 82.2. The highest BCUT2D eigenvalue weighted by Crippen LogP contribution is 2.40. The Bertz CT molecular complexity index is 6350. The number of nitrogens with one attached hydrogen (secondary N) is 15. The number of sulfonamides is 1. The molecule has 9 aliphatic carbocycles. The van der Waals surface area contributed by atoms with E-state index in [0.29, 0.717) is 133 Å². The Balaban J connectivity index is 0.000000124. The van der Waals surface area contributed by atoms with Gasteiger partial charge in [0.15, 0.2) is 22.6 Å². The summed E-state index contributed by atoms with van der Waals surface area (Å²) in [5.74, 6) is 8.67. The van der Waals surface area contributed by atoms with Gasteiger partial charge in [0.25, 0.3) is 0 Å². The number of ether oxygens (including phenoxy) is 2. The van der Waals surface area contributed by atoms with Crippen molar-refractivity contribution in [3.63, 3.8) is 0 Å². The van der Waals surface area contributed by atoms with Crippen molar-refractivity contribution in [2.24, 2.45) is 17.8 Å². The van der Waals surface area contributed by atoms with Crippen LogP contribution in [0.4, 0.5) is 51.3 Å². The van der Waals surface area contributed by atoms with E-state index in [-0.39, 0.29) is 71.6 Å². The van der Waals surface area contributed by atoms with Crippen molar-refractivity contribution in [2.75, 3.05) is 62.9 Å². The van der Waals surface area contributed by atoms with Crippen molar-refractivity contribution < 1.29 is 51.5 Å². The first-order valence-corrected chi connectivity index (χ1v) is 52.3. The molecule has 0 radical (unpaired) electrons. The minimum Gasteiger partial charge on any atom is -0.447 e. The van der Waals surface area contributed by atoms with Crippen LogP contribution in [0.1, 0.15) is 262 Å². The highest BCUT2D eigenvalue weighted by atomic mass is 32.2. The maximum atomic E-state index is 12.5. The maximum absolute atomic E-state index is 12.5. The lowest BCUT2D eigenvalue weighted by Gasteiger charge is -2.30. The lowest BCUT2D eigenvalue weighted by molar-refractivity contribution is -0.122. The topological polar surface area (TPSA) is 473 Å². The number of aromatic nitrogens is 12. The molecule has 12 heterocycles. The van der Waals surface area contributed by atoms with Gasteiger partial charge in [-0.15, -0.1) is 0 Å². The quantitative estimate of drug-likeness (QED) is 0.0167. The maximum Gasteiger partial charge on any atom is 0.407 e. The zero-order chi connectivity index (χ0) is 98.3. The standard InChI is InChI=1S/C29H40N6O2.C25H33N7O4.C24H31N7O3S.C24H31N7O2/c1-17(2)18(3)11-25(36)12-20-5-7-23(8-6-20)32-26-15-27(33-24-9-10-24)35-29(34-26)22(16-30-35)13-21-14-28(37)31-19(21)4;1-15-16(12-23(33)27-15)11-17-14-26-32-22(29-19-5-6-19)13-21(31-24(17)32)28-18-3-7-20(8-4-18)30-25(34)36-10-9-35-2;1-14-15(11-23(32)26-14)10-16-13-25-31-22(28-18-2-3-18)12-21(29-24(16)31)27-17-4-6-19(7-5-17)30-35(33,34)20-8-9-20;1-3-22(32)29-19-8-4-17(5-9-19)27-20-12-21(28-18-6-7-18)31-24(30-20)16(13-25-31)10-15-11-23(33)26-14(15)2/h13,15-18,20,23-24,33H,4-12,14H2,1-3H3,(H,31,37)(H,32,34);11,13-14,18-20,29H,1,3-10,12H2,2H3,(H,27,33)(H,28,31)(H,30,34);10,12-13,17-20,28,30H,1-9,11H2,(H,26,32)(H,27,29);10,12-13,17-19,28H,2-9,11H2,1H3,(H,26,33)(H,27,30)(H,29,32)/b21-13+;16-11+;2*15-10+. The van der Waals surface area contributed by atoms with Gasteiger partial charge in [0.1, 0.15) is 58.9 Å². The fourth-order valence-corrected chi connectivity index (χ4v) is 21.0. The largest absolute Gasteiger partial charge is 0.447 e. The number of methoxy groups -OCH3 is 1. The molecule has 4 aliphatic heterocycles. The van der Waals surface area contributed by atoms with Crippen LogP contribution in [0.15, 0.2) is 120 Å². The molecule has 0 bridgehead atoms. The highest BCUT2D eigenvalue weighted by Gasteiger charge is 2.39. The molecular formula is C102H135N27O11S. The summed E-state index contributed by atoms with van der Waals surface area (Å²) in [7, 11) is -1.58. The first-order valence-electron chi connectivity index (χ1n) is 50.8. The Labute approximate surface area is 821 Å². The van der Waals surface area contributed by atoms with E-state index in [4.69, 9.17) is 29.4 Å². The second-order valence-electron chi connectivity index (χ2n) is 40.8. The third kappa shape index (κ3) is 26.0. The molecule has 4 saturated heterocycles. The molecule has 13 fully saturated rings. The van der Waals surface area contributed by atoms with Crippen LogP contribution in [-0.2, 0) is 48.3 Å². The van der Waals surface area contributed by atoms with Gasteiger partial charge in [0.2, 0.25) is 39.6 Å². The molecule has 1 unspecified atom stereocenters. The van der Waals surface area contributed by atoms with E-state index in [0.717, 1.165) is 281 Å². The molecule has 39 heteroatoms. The van der Waals surface area contributed by atoms with Gasteiger partial charge in [-0.1, -0.05) is 54.0 Å². The summed E-state index contributed by atoms with van der Waals surface area (Å²) in [5, 5.41) is 63.9. The van der Waals surface area contributed by atoms with Gasteiger partial charge in [-0.2, -0.15) is 38.5 Å². The van der Waals surface area contributed by atoms with Crippen molar-refractivity contribution in [1.29, 1.82) is 0 Å². The Morgan fingerprint density at radius 2 is 0.702 bits per heavy atom. The van der Waals surface area contributed by atoms with Crippen LogP contribution in [0.5, 0.6) is 0 Å². The third-order valence-corrected chi connectivity index (χ3v) is 30.6. The van der Waals surface area contributed by atoms with Crippen LogP contribution in [0.3, 0.4) is 0 Å². The molecule has 9 saturated carbocycles. The van der Waals surface area contributed by atoms with E-state index in [9.17, 15) is 42.0 Å². The average molecular weight is 1950 g/mol. The molecule has 8 aromatic rings. The van der Waals surface area contributed by atoms with Crippen LogP contribution in [-0.4, -0.2) is 200 Å². The number of hydrogen-bond donors (Lipinski definition) is 15. The predicted molar refractivity (Wildman–Crippen MR) is 545 cm³/mol. The summed E-state index contributed by atoms with van der Waals surface area (Å²) in [5.41, 5.74) is 12.3. The molecule has 141 heavy (non-hydrogen) atoms. The van der Waals surface area contributed by atoms with Crippen LogP contribution in [0.25, 0.3) is 46.9 Å². The van der Waals surface area contributed by atoms with E-state index < -0.39 is 16.1 Å². The molecule has 13 aliphatic rings. The number of Topliss-reactive ketones (excluding diaryl/α,β-unsaturated/α-hetero) is 1. The molecule has 0 spiro atoms. The smallest absolute Gasteiger partial charge is 0.407 e. The number of nitrogens with zero attached hydrogens (tertiary/aromatic N) is 12. The first kappa shape index (κ1) is 98.2. The molecule has 6 amide bonds. The van der Waals surface area contributed by atoms with E-state index in [1.807, 2.05) is 67.5 Å². The molecule has 21 rings (SSSR count). The predicted octanol–water partition coefficient (Wildman–Crippen LogP) is 13.6. The number of anilines is 8. The minimum atomic E-state index is -3.15. The van der Waals surface area contributed by atoms with E-state index in [2.05, 4.69) is 153 Å². The van der Waals surface area contributed by atoms with Gasteiger partial charge in [0.05, 0.1) is 62.3 Å². The summed E-state index contributed by atoms with van der Waals surface area (Å²) >= 11 is 0. The Morgan fingerprint density at radius 1 is 0.411 bits per heavy atom. The summed E-state index contributed by atoms with van der Waals surface area (Å²) in [6, 6.07) is 11.4. The van der Waals surface area contributed by atoms with Crippen LogP contribution < -0.4 is 79.2 Å². The van der Waals surface area contributed by atoms with Gasteiger partial charge < -0.3 is 83.9 Å². The van der Waals surface area contributed by atoms with Gasteiger partial charge in [-0.3, -0.25) is 28.8 Å². The molecule has 8 aromatic heterocycles. The number of alkyl carbamates (subject to hydrolysis) is 1. The SMILES string of the molecule is C=C1NC(=O)C/C1=C\c1cnn2c(NC3CC3)cc(NC3CCC(CC(=O)CC(C)C(C)C)CC3)nc12.C=C1NC(=O)C/C1=C\c1cnn2c(NC3CC3)cc(NC3CCC(NC(=O)CC)CC3)nc12.C=C1NC(=O)C/C1=C\c1cnn2c(NC3CC3)cc(NC3CCC(NC(=O)OCCOC)CC3)nc12.C=C1NC(=O)C/C1=C\c1cnn2c(NC3CC3)cc(NC3CCC(NS(=O)(=O)C4CC4)CC3)nc12. The number of allylic oxidation sites excluding steroid dienone is 4. The Hall–Kier alpha value is -13.0. The van der Waals surface area contributed by atoms with Gasteiger partial charge in [-0.25, -0.2) is 37.9 Å². The second-order valence-corrected chi connectivity index (χ2v) is 42.8. The third-order valence-electron chi connectivity index (χ3n) is 28.6. The number of carbonyl (C=O) groups is 7. The number of fused-ring (bicyclic) bond motifs is 4. The van der Waals surface area contributed by atoms with E-state index >= 15 is 0 Å². The van der Waals surface area contributed by atoms with Crippen molar-refractivity contribution in [1.82, 2.24) is 95.0 Å². The van der Waals surface area contributed by atoms with Gasteiger partial charge in [0, 0.05) is 162 Å². The second kappa shape index (κ2) is 43.6. The molecule has 0 aromatic carbocycles. The van der Waals surface area contributed by atoms with Crippen LogP contribution in [0.2, 0.25) is 0 Å². The molecule has 750 valence electrons. The molecular weight excluding hydrogens is 1810 g/mol. The molecule has 1 atom stereocenters. The number of ketones is 1. The van der Waals surface area contributed by atoms with Gasteiger partial charge in [-0.05, 0) is 231 Å². The summed E-state index contributed by atoms with van der Waals surface area (Å²) in [6.45, 7) is 24.9. The normalized spacial score (nSPS) is 24.4. The number of amides is 6. The van der Waals surface area contributed by atoms with Crippen LogP contribution in [0, 0.1) is 17.8 Å². The zero-order valence-electron chi connectivity index (χ0n) is 81.4. The average Bonchev–Trinajstić information content (AvgIpc) is 1.64. The summed E-state index contributed by atoms with van der Waals surface area (Å²) in [6.07, 6.45) is 43.5. The van der Waals surface area contributed by atoms with Crippen molar-refractivity contribution >= 4 is 145 Å². The first-order chi connectivity index (χ1) is 68.0. The van der Waals surface area contributed by atoms with Crippen molar-refractivity contribution in [2.45, 2.75) is 311 Å². The highest BCUT2D eigenvalue weighted by molar-refractivity contribution is 7.90. The monoisotopic (exact) mass is 1950 g/mol. The Kier molecular flexibility index (Phi) is 30.3. The molecule has 38 nitrogen and oxygen atoms in total. The summed E-state index contributed by atoms with van der Waals surface area (Å²) in [4.78, 5) is 103. The lowest BCUT2D eigenvalue weighted by atomic mass is 9.81. The van der Waals surface area contributed by atoms with Crippen molar-refractivity contribution in [3.05, 3.63) is 143 Å². The van der Waals surface area contributed by atoms with Crippen molar-refractivity contribution in [3.8, 4) is 0 Å². The van der Waals surface area contributed by atoms with Gasteiger partial charge >= 0.3 is 6.09 Å². The fourth-order valence-electron chi connectivity index (χ4n) is 19.3. The number of hydrogen-bond acceptors (Lipinski definition) is 27. The van der Waals surface area contributed by atoms with Crippen LogP contribution >= 0.6 is 0 Å².